The SMILES string of the molecule is CO[C@@H]1[C@H](N)C[C@H](C)C[C@@H]1C. The Labute approximate surface area is 69.1 Å². The van der Waals surface area contributed by atoms with Crippen molar-refractivity contribution in [2.45, 2.75) is 38.8 Å². The predicted octanol–water partition coefficient (Wildman–Crippen LogP) is 1.39. The van der Waals surface area contributed by atoms with Gasteiger partial charge >= 0.3 is 0 Å². The first kappa shape index (κ1) is 9.01. The van der Waals surface area contributed by atoms with E-state index in [0.29, 0.717) is 5.92 Å². The highest BCUT2D eigenvalue weighted by Crippen LogP contribution is 2.29. The molecule has 1 aliphatic carbocycles. The molecule has 1 rings (SSSR count). The highest BCUT2D eigenvalue weighted by molar-refractivity contribution is 4.85. The van der Waals surface area contributed by atoms with Crippen molar-refractivity contribution in [3.8, 4) is 0 Å². The van der Waals surface area contributed by atoms with Crippen LogP contribution in [0.15, 0.2) is 0 Å². The van der Waals surface area contributed by atoms with E-state index in [1.54, 1.807) is 7.11 Å². The maximum atomic E-state index is 5.95. The molecule has 2 nitrogen and oxygen atoms in total. The highest BCUT2D eigenvalue weighted by atomic mass is 16.5. The number of ether oxygens (including phenoxy) is 1. The third kappa shape index (κ3) is 1.94. The Morgan fingerprint density at radius 2 is 1.91 bits per heavy atom. The molecule has 0 radical (unpaired) electrons. The van der Waals surface area contributed by atoms with Crippen LogP contribution in [-0.2, 0) is 4.74 Å². The molecular formula is C9H19NO. The van der Waals surface area contributed by atoms with E-state index in [2.05, 4.69) is 13.8 Å². The summed E-state index contributed by atoms with van der Waals surface area (Å²) in [6, 6.07) is 0.249. The summed E-state index contributed by atoms with van der Waals surface area (Å²) in [7, 11) is 1.76. The first-order valence-corrected chi connectivity index (χ1v) is 4.43. The average molecular weight is 157 g/mol. The van der Waals surface area contributed by atoms with Gasteiger partial charge in [-0.25, -0.2) is 0 Å². The summed E-state index contributed by atoms with van der Waals surface area (Å²) in [5.41, 5.74) is 5.95. The Morgan fingerprint density at radius 1 is 1.27 bits per heavy atom. The Balaban J connectivity index is 2.52. The third-order valence-electron chi connectivity index (χ3n) is 2.70. The molecule has 0 amide bonds. The van der Waals surface area contributed by atoms with Gasteiger partial charge in [0.2, 0.25) is 0 Å². The molecule has 2 heteroatoms. The molecule has 0 unspecified atom stereocenters. The minimum atomic E-state index is 0.249. The van der Waals surface area contributed by atoms with E-state index < -0.39 is 0 Å². The Kier molecular flexibility index (Phi) is 2.90. The molecule has 0 aromatic rings. The third-order valence-corrected chi connectivity index (χ3v) is 2.70. The molecule has 0 heterocycles. The molecule has 0 aromatic heterocycles. The van der Waals surface area contributed by atoms with Gasteiger partial charge in [0.05, 0.1) is 6.10 Å². The molecule has 0 bridgehead atoms. The summed E-state index contributed by atoms with van der Waals surface area (Å²) in [5, 5.41) is 0. The zero-order chi connectivity index (χ0) is 8.43. The Hall–Kier alpha value is -0.0800. The van der Waals surface area contributed by atoms with Gasteiger partial charge < -0.3 is 10.5 Å². The summed E-state index contributed by atoms with van der Waals surface area (Å²) in [6.45, 7) is 4.49. The molecule has 1 aliphatic rings. The Bertz CT molecular complexity index is 115. The fourth-order valence-electron chi connectivity index (χ4n) is 2.29. The fourth-order valence-corrected chi connectivity index (χ4v) is 2.29. The zero-order valence-electron chi connectivity index (χ0n) is 7.71. The lowest BCUT2D eigenvalue weighted by molar-refractivity contribution is 0.00237. The van der Waals surface area contributed by atoms with E-state index in [1.165, 1.54) is 6.42 Å². The van der Waals surface area contributed by atoms with Gasteiger partial charge in [0, 0.05) is 13.2 Å². The largest absolute Gasteiger partial charge is 0.380 e. The van der Waals surface area contributed by atoms with Crippen molar-refractivity contribution in [2.75, 3.05) is 7.11 Å². The number of hydrogen-bond donors (Lipinski definition) is 1. The van der Waals surface area contributed by atoms with Crippen molar-refractivity contribution >= 4 is 0 Å². The van der Waals surface area contributed by atoms with Crippen LogP contribution in [0.5, 0.6) is 0 Å². The van der Waals surface area contributed by atoms with Gasteiger partial charge in [-0.3, -0.25) is 0 Å². The molecular weight excluding hydrogens is 138 g/mol. The normalized spacial score (nSPS) is 45.8. The van der Waals surface area contributed by atoms with E-state index in [1.807, 2.05) is 0 Å². The van der Waals surface area contributed by atoms with Crippen molar-refractivity contribution in [1.29, 1.82) is 0 Å². The van der Waals surface area contributed by atoms with Crippen LogP contribution >= 0.6 is 0 Å². The molecule has 0 saturated heterocycles. The number of methoxy groups -OCH3 is 1. The zero-order valence-corrected chi connectivity index (χ0v) is 7.71. The fraction of sp³-hybridized carbons (Fsp3) is 1.00. The van der Waals surface area contributed by atoms with E-state index in [-0.39, 0.29) is 12.1 Å². The molecule has 4 atom stereocenters. The minimum Gasteiger partial charge on any atom is -0.380 e. The topological polar surface area (TPSA) is 35.2 Å². The quantitative estimate of drug-likeness (QED) is 0.624. The van der Waals surface area contributed by atoms with Crippen molar-refractivity contribution < 1.29 is 4.74 Å². The van der Waals surface area contributed by atoms with E-state index in [4.69, 9.17) is 10.5 Å². The Morgan fingerprint density at radius 3 is 2.36 bits per heavy atom. The van der Waals surface area contributed by atoms with Gasteiger partial charge in [-0.15, -0.1) is 0 Å². The number of rotatable bonds is 1. The molecule has 0 spiro atoms. The standard InChI is InChI=1S/C9H19NO/c1-6-4-7(2)9(11-3)8(10)5-6/h6-9H,4-5,10H2,1-3H3/t6-,7+,8-,9+/m1/s1. The smallest absolute Gasteiger partial charge is 0.0747 e. The average Bonchev–Trinajstić information content (AvgIpc) is 1.85. The van der Waals surface area contributed by atoms with E-state index in [9.17, 15) is 0 Å². The van der Waals surface area contributed by atoms with Gasteiger partial charge in [-0.2, -0.15) is 0 Å². The lowest BCUT2D eigenvalue weighted by Gasteiger charge is -2.36. The molecule has 1 saturated carbocycles. The summed E-state index contributed by atoms with van der Waals surface area (Å²) in [4.78, 5) is 0. The van der Waals surface area contributed by atoms with Crippen molar-refractivity contribution in [3.05, 3.63) is 0 Å². The van der Waals surface area contributed by atoms with Crippen LogP contribution in [0.2, 0.25) is 0 Å². The van der Waals surface area contributed by atoms with E-state index in [0.717, 1.165) is 12.3 Å². The van der Waals surface area contributed by atoms with Gasteiger partial charge in [0.1, 0.15) is 0 Å². The van der Waals surface area contributed by atoms with Crippen molar-refractivity contribution in [2.24, 2.45) is 17.6 Å². The van der Waals surface area contributed by atoms with Crippen LogP contribution in [-0.4, -0.2) is 19.3 Å². The highest BCUT2D eigenvalue weighted by Gasteiger charge is 2.31. The lowest BCUT2D eigenvalue weighted by Crippen LogP contribution is -2.45. The number of hydrogen-bond acceptors (Lipinski definition) is 2. The van der Waals surface area contributed by atoms with Crippen LogP contribution in [0, 0.1) is 11.8 Å². The van der Waals surface area contributed by atoms with E-state index >= 15 is 0 Å². The minimum absolute atomic E-state index is 0.249. The second-order valence-corrected chi connectivity index (χ2v) is 3.92. The summed E-state index contributed by atoms with van der Waals surface area (Å²) in [6.07, 6.45) is 2.65. The van der Waals surface area contributed by atoms with Crippen LogP contribution in [0.1, 0.15) is 26.7 Å². The van der Waals surface area contributed by atoms with Gasteiger partial charge in [-0.05, 0) is 24.7 Å². The maximum Gasteiger partial charge on any atom is 0.0747 e. The summed E-state index contributed by atoms with van der Waals surface area (Å²) < 4.78 is 5.34. The molecule has 11 heavy (non-hydrogen) atoms. The molecule has 1 fully saturated rings. The summed E-state index contributed by atoms with van der Waals surface area (Å²) >= 11 is 0. The first-order chi connectivity index (χ1) is 5.15. The van der Waals surface area contributed by atoms with Crippen molar-refractivity contribution in [1.82, 2.24) is 0 Å². The first-order valence-electron chi connectivity index (χ1n) is 4.43. The van der Waals surface area contributed by atoms with Crippen molar-refractivity contribution in [3.63, 3.8) is 0 Å². The molecule has 66 valence electrons. The number of nitrogens with two attached hydrogens (primary N) is 1. The van der Waals surface area contributed by atoms with Crippen LogP contribution in [0.3, 0.4) is 0 Å². The monoisotopic (exact) mass is 157 g/mol. The van der Waals surface area contributed by atoms with Crippen LogP contribution < -0.4 is 5.73 Å². The summed E-state index contributed by atoms with van der Waals surface area (Å²) in [5.74, 6) is 1.39. The molecule has 0 aliphatic heterocycles. The van der Waals surface area contributed by atoms with Crippen LogP contribution in [0.25, 0.3) is 0 Å². The lowest BCUT2D eigenvalue weighted by atomic mass is 9.78. The molecule has 2 N–H and O–H groups in total. The van der Waals surface area contributed by atoms with Gasteiger partial charge in [-0.1, -0.05) is 13.8 Å². The second-order valence-electron chi connectivity index (χ2n) is 3.92. The van der Waals surface area contributed by atoms with Crippen LogP contribution in [0.4, 0.5) is 0 Å². The molecule has 0 aromatic carbocycles. The maximum absolute atomic E-state index is 5.95. The van der Waals surface area contributed by atoms with Gasteiger partial charge in [0.25, 0.3) is 0 Å². The predicted molar refractivity (Wildman–Crippen MR) is 46.3 cm³/mol. The second kappa shape index (κ2) is 3.55. The van der Waals surface area contributed by atoms with Gasteiger partial charge in [0.15, 0.2) is 0 Å².